The average Bonchev–Trinajstić information content (AvgIpc) is 2.78. The van der Waals surface area contributed by atoms with E-state index in [0.29, 0.717) is 5.82 Å². The van der Waals surface area contributed by atoms with Crippen LogP contribution in [0, 0.1) is 5.82 Å². The van der Waals surface area contributed by atoms with Crippen LogP contribution in [-0.2, 0) is 6.54 Å². The minimum atomic E-state index is -0.563. The largest absolute Gasteiger partial charge is 0.345 e. The second kappa shape index (κ2) is 4.43. The summed E-state index contributed by atoms with van der Waals surface area (Å²) in [5.41, 5.74) is 0.142. The quantitative estimate of drug-likeness (QED) is 0.740. The summed E-state index contributed by atoms with van der Waals surface area (Å²) in [4.78, 5) is 15.1. The molecule has 0 spiro atoms. The van der Waals surface area contributed by atoms with Crippen LogP contribution >= 0.6 is 0 Å². The Kier molecular flexibility index (Phi) is 2.81. The molecule has 0 unspecified atom stereocenters. The van der Waals surface area contributed by atoms with Gasteiger partial charge in [-0.25, -0.2) is 4.39 Å². The molecule has 2 heterocycles. The molecule has 16 heavy (non-hydrogen) atoms. The van der Waals surface area contributed by atoms with Gasteiger partial charge in [0.1, 0.15) is 5.82 Å². The highest BCUT2D eigenvalue weighted by molar-refractivity contribution is 5.93. The molecule has 0 radical (unpaired) electrons. The van der Waals surface area contributed by atoms with E-state index >= 15 is 0 Å². The lowest BCUT2D eigenvalue weighted by molar-refractivity contribution is 0.0949. The van der Waals surface area contributed by atoms with Gasteiger partial charge in [0.2, 0.25) is 0 Å². The number of rotatable bonds is 3. The van der Waals surface area contributed by atoms with Gasteiger partial charge in [0.05, 0.1) is 18.3 Å². The molecule has 82 valence electrons. The van der Waals surface area contributed by atoms with Crippen molar-refractivity contribution in [1.82, 2.24) is 30.9 Å². The van der Waals surface area contributed by atoms with Gasteiger partial charge < -0.3 is 5.32 Å². The van der Waals surface area contributed by atoms with Gasteiger partial charge >= 0.3 is 0 Å². The van der Waals surface area contributed by atoms with Gasteiger partial charge in [-0.3, -0.25) is 9.78 Å². The van der Waals surface area contributed by atoms with E-state index in [-0.39, 0.29) is 12.1 Å². The number of nitrogens with zero attached hydrogens (tertiary/aromatic N) is 4. The van der Waals surface area contributed by atoms with Gasteiger partial charge in [0, 0.05) is 6.20 Å². The van der Waals surface area contributed by atoms with E-state index in [1.54, 1.807) is 0 Å². The molecule has 0 saturated carbocycles. The van der Waals surface area contributed by atoms with Gasteiger partial charge in [0.25, 0.3) is 5.91 Å². The minimum absolute atomic E-state index is 0.117. The van der Waals surface area contributed by atoms with E-state index in [1.165, 1.54) is 6.20 Å². The molecule has 2 aromatic rings. The number of amides is 1. The van der Waals surface area contributed by atoms with Crippen LogP contribution in [0.4, 0.5) is 4.39 Å². The third-order valence-corrected chi connectivity index (χ3v) is 1.76. The zero-order chi connectivity index (χ0) is 11.4. The first-order chi connectivity index (χ1) is 7.75. The lowest BCUT2D eigenvalue weighted by Crippen LogP contribution is -2.23. The maximum absolute atomic E-state index is 12.8. The summed E-state index contributed by atoms with van der Waals surface area (Å²) in [6, 6.07) is 1.10. The van der Waals surface area contributed by atoms with E-state index in [9.17, 15) is 9.18 Å². The number of tetrazole rings is 1. The number of hydrogen-bond acceptors (Lipinski definition) is 5. The van der Waals surface area contributed by atoms with Crippen molar-refractivity contribution in [2.45, 2.75) is 6.54 Å². The second-order valence-electron chi connectivity index (χ2n) is 2.90. The molecule has 0 aliphatic carbocycles. The summed E-state index contributed by atoms with van der Waals surface area (Å²) in [5, 5.41) is 15.4. The molecule has 0 aromatic carbocycles. The molecule has 2 rings (SSSR count). The maximum atomic E-state index is 12.8. The van der Waals surface area contributed by atoms with Crippen LogP contribution in [0.5, 0.6) is 0 Å². The molecule has 0 bridgehead atoms. The Labute approximate surface area is 89.1 Å². The number of H-pyrrole nitrogens is 1. The number of nitrogens with one attached hydrogen (secondary N) is 2. The van der Waals surface area contributed by atoms with E-state index in [0.717, 1.165) is 12.3 Å². The van der Waals surface area contributed by atoms with Crippen LogP contribution in [-0.4, -0.2) is 31.5 Å². The first-order valence-electron chi connectivity index (χ1n) is 4.37. The number of aromatic nitrogens is 5. The minimum Gasteiger partial charge on any atom is -0.345 e. The Bertz CT molecular complexity index is 485. The Hall–Kier alpha value is -2.38. The van der Waals surface area contributed by atoms with Gasteiger partial charge in [-0.05, 0) is 6.07 Å². The van der Waals surface area contributed by atoms with Crippen molar-refractivity contribution >= 4 is 5.91 Å². The lowest BCUT2D eigenvalue weighted by Gasteiger charge is -2.01. The topological polar surface area (TPSA) is 96.5 Å². The molecule has 0 atom stereocenters. The van der Waals surface area contributed by atoms with Crippen LogP contribution < -0.4 is 5.32 Å². The van der Waals surface area contributed by atoms with Crippen LogP contribution in [0.3, 0.4) is 0 Å². The van der Waals surface area contributed by atoms with Gasteiger partial charge in [-0.2, -0.15) is 5.21 Å². The summed E-state index contributed by atoms with van der Waals surface area (Å²) >= 11 is 0. The van der Waals surface area contributed by atoms with Crippen LogP contribution in [0.15, 0.2) is 18.5 Å². The van der Waals surface area contributed by atoms with E-state index in [4.69, 9.17) is 0 Å². The third-order valence-electron chi connectivity index (χ3n) is 1.76. The zero-order valence-corrected chi connectivity index (χ0v) is 8.01. The molecule has 7 nitrogen and oxygen atoms in total. The number of halogens is 1. The summed E-state index contributed by atoms with van der Waals surface area (Å²) in [5.74, 6) is -0.665. The number of pyridine rings is 1. The Morgan fingerprint density at radius 2 is 2.38 bits per heavy atom. The fourth-order valence-corrected chi connectivity index (χ4v) is 1.05. The number of hydrogen-bond donors (Lipinski definition) is 2. The van der Waals surface area contributed by atoms with Crippen LogP contribution in [0.2, 0.25) is 0 Å². The second-order valence-corrected chi connectivity index (χ2v) is 2.90. The van der Waals surface area contributed by atoms with E-state index < -0.39 is 11.7 Å². The molecule has 0 saturated heterocycles. The predicted octanol–water partition coefficient (Wildman–Crippen LogP) is -0.336. The zero-order valence-electron chi connectivity index (χ0n) is 8.01. The fourth-order valence-electron chi connectivity index (χ4n) is 1.05. The highest BCUT2D eigenvalue weighted by atomic mass is 19.1. The van der Waals surface area contributed by atoms with Crippen LogP contribution in [0.25, 0.3) is 0 Å². The Morgan fingerprint density at radius 1 is 1.50 bits per heavy atom. The maximum Gasteiger partial charge on any atom is 0.253 e. The molecule has 2 N–H and O–H groups in total. The van der Waals surface area contributed by atoms with Crippen molar-refractivity contribution in [3.8, 4) is 0 Å². The summed E-state index contributed by atoms with van der Waals surface area (Å²) in [6.45, 7) is 0.117. The molecule has 2 aromatic heterocycles. The Morgan fingerprint density at radius 3 is 3.06 bits per heavy atom. The van der Waals surface area contributed by atoms with Crippen molar-refractivity contribution in [3.05, 3.63) is 35.7 Å². The van der Waals surface area contributed by atoms with Crippen molar-refractivity contribution < 1.29 is 9.18 Å². The SMILES string of the molecule is O=C(NCc1nn[nH]n1)c1cncc(F)c1. The summed E-state index contributed by atoms with van der Waals surface area (Å²) < 4.78 is 12.8. The summed E-state index contributed by atoms with van der Waals surface area (Å²) in [7, 11) is 0. The molecule has 0 fully saturated rings. The van der Waals surface area contributed by atoms with Crippen molar-refractivity contribution in [1.29, 1.82) is 0 Å². The van der Waals surface area contributed by atoms with Gasteiger partial charge in [-0.1, -0.05) is 5.21 Å². The lowest BCUT2D eigenvalue weighted by atomic mass is 10.2. The number of carbonyl (C=O) groups is 1. The third kappa shape index (κ3) is 2.35. The van der Waals surface area contributed by atoms with Crippen molar-refractivity contribution in [2.24, 2.45) is 0 Å². The first-order valence-corrected chi connectivity index (χ1v) is 4.37. The number of aromatic amines is 1. The predicted molar refractivity (Wildman–Crippen MR) is 49.5 cm³/mol. The van der Waals surface area contributed by atoms with Crippen molar-refractivity contribution in [3.63, 3.8) is 0 Å². The summed E-state index contributed by atoms with van der Waals surface area (Å²) in [6.07, 6.45) is 2.30. The molecule has 1 amide bonds. The fraction of sp³-hybridized carbons (Fsp3) is 0.125. The molecular weight excluding hydrogens is 215 g/mol. The Balaban J connectivity index is 1.98. The number of carbonyl (C=O) groups excluding carboxylic acids is 1. The molecule has 0 aliphatic heterocycles. The first kappa shape index (κ1) is 10.1. The van der Waals surface area contributed by atoms with E-state index in [2.05, 4.69) is 30.9 Å². The average molecular weight is 222 g/mol. The standard InChI is InChI=1S/C8H7FN6O/c9-6-1-5(2-10-3-6)8(16)11-4-7-12-14-15-13-7/h1-3H,4H2,(H,11,16)(H,12,13,14,15). The highest BCUT2D eigenvalue weighted by Gasteiger charge is 2.07. The van der Waals surface area contributed by atoms with Gasteiger partial charge in [0.15, 0.2) is 5.82 Å². The highest BCUT2D eigenvalue weighted by Crippen LogP contribution is 2.00. The molecular formula is C8H7FN6O. The smallest absolute Gasteiger partial charge is 0.253 e. The molecule has 0 aliphatic rings. The van der Waals surface area contributed by atoms with Crippen LogP contribution in [0.1, 0.15) is 16.2 Å². The monoisotopic (exact) mass is 222 g/mol. The van der Waals surface area contributed by atoms with E-state index in [1.807, 2.05) is 0 Å². The normalized spacial score (nSPS) is 10.1. The van der Waals surface area contributed by atoms with Crippen molar-refractivity contribution in [2.75, 3.05) is 0 Å². The van der Waals surface area contributed by atoms with Gasteiger partial charge in [-0.15, -0.1) is 10.2 Å². The molecule has 8 heteroatoms.